The topological polar surface area (TPSA) is 77.8 Å². The number of nitrogens with one attached hydrogen (secondary N) is 3. The van der Waals surface area contributed by atoms with E-state index in [1.807, 2.05) is 30.3 Å². The van der Waals surface area contributed by atoms with Crippen LogP contribution in [-0.2, 0) is 0 Å². The molecule has 0 bridgehead atoms. The average molecular weight is 367 g/mol. The van der Waals surface area contributed by atoms with Gasteiger partial charge in [-0.25, -0.2) is 0 Å². The Bertz CT molecular complexity index is 1040. The molecule has 6 heteroatoms. The summed E-state index contributed by atoms with van der Waals surface area (Å²) in [5.74, 6) is 0.257. The second kappa shape index (κ2) is 7.66. The second-order valence-electron chi connectivity index (χ2n) is 6.73. The van der Waals surface area contributed by atoms with Crippen molar-refractivity contribution in [3.8, 4) is 0 Å². The molecular weight excluding hydrogens is 346 g/mol. The van der Waals surface area contributed by atoms with E-state index < -0.39 is 0 Å². The summed E-state index contributed by atoms with van der Waals surface area (Å²) in [6, 6.07) is 14.8. The molecule has 2 aromatic carbocycles. The minimum Gasteiger partial charge on any atom is -0.345 e. The lowest BCUT2D eigenvalue weighted by atomic mass is 9.96. The van der Waals surface area contributed by atoms with Crippen molar-refractivity contribution in [2.75, 3.05) is 0 Å². The summed E-state index contributed by atoms with van der Waals surface area (Å²) < 4.78 is 0.238. The van der Waals surface area contributed by atoms with Gasteiger partial charge in [-0.2, -0.15) is 0 Å². The lowest BCUT2D eigenvalue weighted by molar-refractivity contribution is 0.0932. The van der Waals surface area contributed by atoms with Gasteiger partial charge in [0.05, 0.1) is 16.9 Å². The molecule has 1 amide bonds. The average Bonchev–Trinajstić information content (AvgIpc) is 2.60. The quantitative estimate of drug-likeness (QED) is 0.594. The molecule has 0 unspecified atom stereocenters. The lowest BCUT2D eigenvalue weighted by Crippen LogP contribution is -2.29. The molecule has 0 saturated carbocycles. The zero-order valence-electron chi connectivity index (χ0n) is 14.7. The van der Waals surface area contributed by atoms with Gasteiger partial charge >= 0.3 is 0 Å². The highest BCUT2D eigenvalue weighted by Crippen LogP contribution is 2.22. The standard InChI is InChI=1S/C20H21N3O2S/c1-12(2)10-16(13-6-4-3-5-7-13)21-18(24)14-8-9-15-17(11-14)22-20(26)23-19(15)25/h3-9,11-12,16H,10H2,1-2H3,(H,21,24)(H2,22,23,25,26)/t16-/m0/s1. The molecule has 0 fully saturated rings. The van der Waals surface area contributed by atoms with Crippen LogP contribution >= 0.6 is 12.2 Å². The Morgan fingerprint density at radius 3 is 2.54 bits per heavy atom. The predicted octanol–water partition coefficient (Wildman–Crippen LogP) is 4.10. The molecule has 134 valence electrons. The molecule has 0 aliphatic heterocycles. The Hall–Kier alpha value is -2.73. The molecule has 3 N–H and O–H groups in total. The van der Waals surface area contributed by atoms with E-state index in [4.69, 9.17) is 12.2 Å². The lowest BCUT2D eigenvalue weighted by Gasteiger charge is -2.21. The summed E-state index contributed by atoms with van der Waals surface area (Å²) in [6.07, 6.45) is 0.839. The fourth-order valence-electron chi connectivity index (χ4n) is 2.99. The van der Waals surface area contributed by atoms with Crippen LogP contribution in [0.5, 0.6) is 0 Å². The van der Waals surface area contributed by atoms with Crippen LogP contribution in [0.4, 0.5) is 0 Å². The molecule has 26 heavy (non-hydrogen) atoms. The van der Waals surface area contributed by atoms with Gasteiger partial charge in [0.15, 0.2) is 4.77 Å². The molecule has 3 rings (SSSR count). The first kappa shape index (κ1) is 18.1. The molecule has 0 saturated heterocycles. The van der Waals surface area contributed by atoms with E-state index in [2.05, 4.69) is 29.1 Å². The number of benzene rings is 2. The van der Waals surface area contributed by atoms with Gasteiger partial charge in [0.2, 0.25) is 0 Å². The monoisotopic (exact) mass is 367 g/mol. The maximum absolute atomic E-state index is 12.8. The minimum atomic E-state index is -0.266. The van der Waals surface area contributed by atoms with Crippen LogP contribution in [0, 0.1) is 10.7 Å². The summed E-state index contributed by atoms with van der Waals surface area (Å²) in [6.45, 7) is 4.26. The van der Waals surface area contributed by atoms with E-state index in [0.717, 1.165) is 12.0 Å². The SMILES string of the molecule is CC(C)C[C@H](NC(=O)c1ccc2c(=O)[nH]c(=S)[nH]c2c1)c1ccccc1. The van der Waals surface area contributed by atoms with E-state index in [9.17, 15) is 9.59 Å². The zero-order valence-corrected chi connectivity index (χ0v) is 15.5. The molecule has 5 nitrogen and oxygen atoms in total. The van der Waals surface area contributed by atoms with Crippen molar-refractivity contribution >= 4 is 29.0 Å². The molecule has 0 aliphatic rings. The first-order valence-corrected chi connectivity index (χ1v) is 8.97. The Morgan fingerprint density at radius 2 is 1.85 bits per heavy atom. The van der Waals surface area contributed by atoms with Gasteiger partial charge in [0.25, 0.3) is 11.5 Å². The van der Waals surface area contributed by atoms with Crippen molar-refractivity contribution in [2.24, 2.45) is 5.92 Å². The van der Waals surface area contributed by atoms with Crippen LogP contribution < -0.4 is 10.9 Å². The van der Waals surface area contributed by atoms with Crippen molar-refractivity contribution in [1.29, 1.82) is 0 Å². The van der Waals surface area contributed by atoms with Gasteiger partial charge in [-0.15, -0.1) is 0 Å². The smallest absolute Gasteiger partial charge is 0.259 e. The third-order valence-electron chi connectivity index (χ3n) is 4.22. The van der Waals surface area contributed by atoms with Crippen molar-refractivity contribution in [1.82, 2.24) is 15.3 Å². The van der Waals surface area contributed by atoms with Gasteiger partial charge in [-0.1, -0.05) is 44.2 Å². The van der Waals surface area contributed by atoms with Crippen molar-refractivity contribution in [3.05, 3.63) is 74.8 Å². The van der Waals surface area contributed by atoms with E-state index in [1.165, 1.54) is 0 Å². The largest absolute Gasteiger partial charge is 0.345 e. The summed E-state index contributed by atoms with van der Waals surface area (Å²) in [5, 5.41) is 3.58. The number of aromatic nitrogens is 2. The zero-order chi connectivity index (χ0) is 18.7. The minimum absolute atomic E-state index is 0.0722. The predicted molar refractivity (Wildman–Crippen MR) is 106 cm³/mol. The van der Waals surface area contributed by atoms with E-state index in [1.54, 1.807) is 18.2 Å². The van der Waals surface area contributed by atoms with Crippen LogP contribution in [0.2, 0.25) is 0 Å². The third-order valence-corrected chi connectivity index (χ3v) is 4.42. The highest BCUT2D eigenvalue weighted by atomic mass is 32.1. The van der Waals surface area contributed by atoms with Crippen molar-refractivity contribution in [2.45, 2.75) is 26.3 Å². The summed E-state index contributed by atoms with van der Waals surface area (Å²) in [7, 11) is 0. The number of amides is 1. The third kappa shape index (κ3) is 4.08. The van der Waals surface area contributed by atoms with Crippen molar-refractivity contribution < 1.29 is 4.79 Å². The molecular formula is C20H21N3O2S. The molecule has 0 spiro atoms. The number of carbonyl (C=O) groups is 1. The van der Waals surface area contributed by atoms with Gasteiger partial charge in [-0.3, -0.25) is 14.6 Å². The normalized spacial score (nSPS) is 12.3. The number of aromatic amines is 2. The van der Waals surface area contributed by atoms with Gasteiger partial charge in [0.1, 0.15) is 0 Å². The molecule has 0 radical (unpaired) electrons. The number of hydrogen-bond acceptors (Lipinski definition) is 3. The Balaban J connectivity index is 1.91. The van der Waals surface area contributed by atoms with Crippen LogP contribution in [-0.4, -0.2) is 15.9 Å². The Morgan fingerprint density at radius 1 is 1.12 bits per heavy atom. The van der Waals surface area contributed by atoms with Crippen LogP contribution in [0.15, 0.2) is 53.3 Å². The maximum atomic E-state index is 12.8. The summed E-state index contributed by atoms with van der Waals surface area (Å²) in [4.78, 5) is 30.2. The highest BCUT2D eigenvalue weighted by molar-refractivity contribution is 7.71. The summed E-state index contributed by atoms with van der Waals surface area (Å²) >= 11 is 5.01. The Kier molecular flexibility index (Phi) is 5.32. The first-order chi connectivity index (χ1) is 12.4. The van der Waals surface area contributed by atoms with Crippen LogP contribution in [0.1, 0.15) is 42.2 Å². The molecule has 0 aliphatic carbocycles. The summed E-state index contributed by atoms with van der Waals surface area (Å²) in [5.41, 5.74) is 1.84. The molecule has 1 aromatic heterocycles. The van der Waals surface area contributed by atoms with Crippen molar-refractivity contribution in [3.63, 3.8) is 0 Å². The van der Waals surface area contributed by atoms with E-state index in [0.29, 0.717) is 22.4 Å². The number of H-pyrrole nitrogens is 2. The molecule has 3 aromatic rings. The number of fused-ring (bicyclic) bond motifs is 1. The van der Waals surface area contributed by atoms with E-state index >= 15 is 0 Å². The number of rotatable bonds is 5. The van der Waals surface area contributed by atoms with Crippen LogP contribution in [0.25, 0.3) is 10.9 Å². The Labute approximate surface area is 156 Å². The van der Waals surface area contributed by atoms with Gasteiger partial charge in [0, 0.05) is 5.56 Å². The second-order valence-corrected chi connectivity index (χ2v) is 7.14. The maximum Gasteiger partial charge on any atom is 0.259 e. The highest BCUT2D eigenvalue weighted by Gasteiger charge is 2.17. The van der Waals surface area contributed by atoms with Crippen LogP contribution in [0.3, 0.4) is 0 Å². The first-order valence-electron chi connectivity index (χ1n) is 8.56. The molecule has 1 atom stereocenters. The van der Waals surface area contributed by atoms with E-state index in [-0.39, 0.29) is 22.3 Å². The number of hydrogen-bond donors (Lipinski definition) is 3. The number of carbonyl (C=O) groups excluding carboxylic acids is 1. The fourth-order valence-corrected chi connectivity index (χ4v) is 3.19. The molecule has 1 heterocycles. The fraction of sp³-hybridized carbons (Fsp3) is 0.250. The van der Waals surface area contributed by atoms with Gasteiger partial charge < -0.3 is 10.3 Å². The van der Waals surface area contributed by atoms with Gasteiger partial charge in [-0.05, 0) is 48.3 Å².